The quantitative estimate of drug-likeness (QED) is 0.860. The number of aliphatic hydroxyl groups excluding tert-OH is 1. The van der Waals surface area contributed by atoms with Crippen molar-refractivity contribution in [2.45, 2.75) is 33.3 Å². The molecule has 2 N–H and O–H groups in total. The number of carbonyl (C=O) groups is 1. The van der Waals surface area contributed by atoms with Crippen molar-refractivity contribution >= 4 is 17.2 Å². The van der Waals surface area contributed by atoms with Gasteiger partial charge in [0, 0.05) is 11.9 Å². The number of nitrogens with one attached hydrogen (secondary N) is 1. The minimum absolute atomic E-state index is 0.196. The summed E-state index contributed by atoms with van der Waals surface area (Å²) < 4.78 is 5.49. The topological polar surface area (TPSA) is 75.4 Å². The van der Waals surface area contributed by atoms with Gasteiger partial charge in [-0.3, -0.25) is 4.79 Å². The van der Waals surface area contributed by atoms with Crippen molar-refractivity contribution in [1.29, 1.82) is 0 Å². The molecule has 6 heteroatoms. The van der Waals surface area contributed by atoms with E-state index in [9.17, 15) is 9.90 Å². The molecule has 2 rings (SSSR count). The number of furan rings is 1. The fourth-order valence-electron chi connectivity index (χ4n) is 2.06. The van der Waals surface area contributed by atoms with Gasteiger partial charge in [-0.2, -0.15) is 0 Å². The zero-order valence-corrected chi connectivity index (χ0v) is 13.2. The predicted molar refractivity (Wildman–Crippen MR) is 82.3 cm³/mol. The molecule has 0 fully saturated rings. The lowest BCUT2D eigenvalue weighted by atomic mass is 10.0. The molecule has 1 amide bonds. The number of carbonyl (C=O) groups excluding carboxylic acids is 1. The van der Waals surface area contributed by atoms with Crippen LogP contribution in [0.15, 0.2) is 21.9 Å². The van der Waals surface area contributed by atoms with Crippen LogP contribution >= 0.6 is 11.3 Å². The molecular formula is C15H20N2O3S. The summed E-state index contributed by atoms with van der Waals surface area (Å²) in [6, 6.07) is 3.72. The van der Waals surface area contributed by atoms with Crippen molar-refractivity contribution in [2.24, 2.45) is 5.92 Å². The molecule has 0 radical (unpaired) electrons. The standard InChI is InChI=1S/C15H20N2O3S/c1-9(6-10(2)18)7-16-14(19)12-8-21-15(17-12)13-5-4-11(3)20-13/h4-5,8-10,18H,6-7H2,1-3H3,(H,16,19). The third-order valence-electron chi connectivity index (χ3n) is 3.04. The zero-order chi connectivity index (χ0) is 15.4. The van der Waals surface area contributed by atoms with Gasteiger partial charge in [-0.25, -0.2) is 4.98 Å². The Labute approximate surface area is 128 Å². The first-order chi connectivity index (χ1) is 9.95. The molecule has 0 aliphatic rings. The molecule has 0 saturated heterocycles. The highest BCUT2D eigenvalue weighted by Gasteiger charge is 2.15. The second-order valence-electron chi connectivity index (χ2n) is 5.35. The van der Waals surface area contributed by atoms with Crippen LogP contribution in [-0.2, 0) is 0 Å². The molecule has 114 valence electrons. The predicted octanol–water partition coefficient (Wildman–Crippen LogP) is 2.85. The van der Waals surface area contributed by atoms with Gasteiger partial charge in [0.1, 0.15) is 11.5 Å². The summed E-state index contributed by atoms with van der Waals surface area (Å²) >= 11 is 1.38. The number of aliphatic hydroxyl groups is 1. The lowest BCUT2D eigenvalue weighted by Gasteiger charge is -2.13. The van der Waals surface area contributed by atoms with Crippen LogP contribution in [0, 0.1) is 12.8 Å². The monoisotopic (exact) mass is 308 g/mol. The summed E-state index contributed by atoms with van der Waals surface area (Å²) in [5, 5.41) is 14.6. The van der Waals surface area contributed by atoms with E-state index < -0.39 is 0 Å². The van der Waals surface area contributed by atoms with Gasteiger partial charge in [0.15, 0.2) is 10.8 Å². The summed E-state index contributed by atoms with van der Waals surface area (Å²) in [4.78, 5) is 16.3. The smallest absolute Gasteiger partial charge is 0.270 e. The first kappa shape index (κ1) is 15.7. The van der Waals surface area contributed by atoms with Crippen molar-refractivity contribution in [1.82, 2.24) is 10.3 Å². The lowest BCUT2D eigenvalue weighted by molar-refractivity contribution is 0.0935. The number of rotatable bonds is 6. The summed E-state index contributed by atoms with van der Waals surface area (Å²) in [6.07, 6.45) is 0.304. The average molecular weight is 308 g/mol. The van der Waals surface area contributed by atoms with Crippen LogP contribution in [0.5, 0.6) is 0 Å². The Hall–Kier alpha value is -1.66. The van der Waals surface area contributed by atoms with Crippen LogP contribution in [0.25, 0.3) is 10.8 Å². The third-order valence-corrected chi connectivity index (χ3v) is 3.90. The summed E-state index contributed by atoms with van der Waals surface area (Å²) in [6.45, 7) is 6.13. The van der Waals surface area contributed by atoms with Gasteiger partial charge in [0.05, 0.1) is 6.10 Å². The van der Waals surface area contributed by atoms with Crippen molar-refractivity contribution in [2.75, 3.05) is 6.54 Å². The highest BCUT2D eigenvalue weighted by Crippen LogP contribution is 2.25. The van der Waals surface area contributed by atoms with Crippen molar-refractivity contribution < 1.29 is 14.3 Å². The van der Waals surface area contributed by atoms with E-state index in [1.54, 1.807) is 12.3 Å². The molecule has 2 aromatic heterocycles. The lowest BCUT2D eigenvalue weighted by Crippen LogP contribution is -2.29. The maximum absolute atomic E-state index is 12.0. The minimum Gasteiger partial charge on any atom is -0.459 e. The number of amides is 1. The number of aromatic nitrogens is 1. The van der Waals surface area contributed by atoms with E-state index in [0.29, 0.717) is 29.4 Å². The van der Waals surface area contributed by atoms with Crippen LogP contribution in [0.3, 0.4) is 0 Å². The van der Waals surface area contributed by atoms with E-state index in [1.807, 2.05) is 26.0 Å². The highest BCUT2D eigenvalue weighted by atomic mass is 32.1. The molecular weight excluding hydrogens is 288 g/mol. The van der Waals surface area contributed by atoms with E-state index in [1.165, 1.54) is 11.3 Å². The number of thiazole rings is 1. The maximum atomic E-state index is 12.0. The number of hydrogen-bond donors (Lipinski definition) is 2. The molecule has 21 heavy (non-hydrogen) atoms. The van der Waals surface area contributed by atoms with E-state index in [0.717, 1.165) is 5.76 Å². The third kappa shape index (κ3) is 4.41. The Morgan fingerprint density at radius 1 is 1.48 bits per heavy atom. The second-order valence-corrected chi connectivity index (χ2v) is 6.21. The van der Waals surface area contributed by atoms with Gasteiger partial charge in [0.25, 0.3) is 5.91 Å². The van der Waals surface area contributed by atoms with E-state index in [-0.39, 0.29) is 17.9 Å². The normalized spacial score (nSPS) is 13.9. The molecule has 0 aromatic carbocycles. The Morgan fingerprint density at radius 3 is 2.86 bits per heavy atom. The number of nitrogens with zero attached hydrogens (tertiary/aromatic N) is 1. The van der Waals surface area contributed by atoms with Gasteiger partial charge in [-0.15, -0.1) is 11.3 Å². The van der Waals surface area contributed by atoms with Crippen LogP contribution in [0.1, 0.15) is 36.5 Å². The first-order valence-electron chi connectivity index (χ1n) is 6.94. The Kier molecular flexibility index (Phi) is 5.14. The van der Waals surface area contributed by atoms with Crippen molar-refractivity contribution in [3.05, 3.63) is 29.0 Å². The minimum atomic E-state index is -0.357. The maximum Gasteiger partial charge on any atom is 0.270 e. The summed E-state index contributed by atoms with van der Waals surface area (Å²) in [5.41, 5.74) is 0.397. The molecule has 2 heterocycles. The Balaban J connectivity index is 1.93. The average Bonchev–Trinajstić information content (AvgIpc) is 3.03. The van der Waals surface area contributed by atoms with Crippen molar-refractivity contribution in [3.63, 3.8) is 0 Å². The first-order valence-corrected chi connectivity index (χ1v) is 7.82. The molecule has 0 bridgehead atoms. The van der Waals surface area contributed by atoms with Crippen LogP contribution in [0.2, 0.25) is 0 Å². The van der Waals surface area contributed by atoms with Gasteiger partial charge < -0.3 is 14.8 Å². The Bertz CT molecular complexity index is 604. The molecule has 5 nitrogen and oxygen atoms in total. The van der Waals surface area contributed by atoms with E-state index in [4.69, 9.17) is 4.42 Å². The molecule has 2 unspecified atom stereocenters. The number of aryl methyl sites for hydroxylation is 1. The summed E-state index contributed by atoms with van der Waals surface area (Å²) in [5.74, 6) is 1.52. The molecule has 0 saturated carbocycles. The van der Waals surface area contributed by atoms with Crippen LogP contribution in [-0.4, -0.2) is 28.6 Å². The molecule has 0 aliphatic carbocycles. The molecule has 2 atom stereocenters. The summed E-state index contributed by atoms with van der Waals surface area (Å²) in [7, 11) is 0. The molecule has 0 spiro atoms. The van der Waals surface area contributed by atoms with E-state index >= 15 is 0 Å². The molecule has 2 aromatic rings. The van der Waals surface area contributed by atoms with Gasteiger partial charge in [0.2, 0.25) is 0 Å². The SMILES string of the molecule is Cc1ccc(-c2nc(C(=O)NCC(C)CC(C)O)cs2)o1. The van der Waals surface area contributed by atoms with Crippen molar-refractivity contribution in [3.8, 4) is 10.8 Å². The fraction of sp³-hybridized carbons (Fsp3) is 0.467. The van der Waals surface area contributed by atoms with Gasteiger partial charge >= 0.3 is 0 Å². The van der Waals surface area contributed by atoms with Crippen LogP contribution in [0.4, 0.5) is 0 Å². The zero-order valence-electron chi connectivity index (χ0n) is 12.4. The second kappa shape index (κ2) is 6.87. The van der Waals surface area contributed by atoms with Gasteiger partial charge in [-0.1, -0.05) is 6.92 Å². The largest absolute Gasteiger partial charge is 0.459 e. The number of hydrogen-bond acceptors (Lipinski definition) is 5. The highest BCUT2D eigenvalue weighted by molar-refractivity contribution is 7.13. The molecule has 0 aliphatic heterocycles. The fourth-order valence-corrected chi connectivity index (χ4v) is 2.82. The van der Waals surface area contributed by atoms with Gasteiger partial charge in [-0.05, 0) is 38.3 Å². The van der Waals surface area contributed by atoms with Crippen LogP contribution < -0.4 is 5.32 Å². The van der Waals surface area contributed by atoms with E-state index in [2.05, 4.69) is 10.3 Å². The Morgan fingerprint density at radius 2 is 2.24 bits per heavy atom.